The maximum absolute atomic E-state index is 6.05. The molecule has 0 bridgehead atoms. The molecule has 0 saturated heterocycles. The molecule has 2 heteroatoms. The Morgan fingerprint density at radius 1 is 1.07 bits per heavy atom. The molecule has 0 aliphatic heterocycles. The summed E-state index contributed by atoms with van der Waals surface area (Å²) in [5.74, 6) is 1.18. The lowest BCUT2D eigenvalue weighted by Crippen LogP contribution is -2.30. The second kappa shape index (κ2) is 5.63. The quantitative estimate of drug-likeness (QED) is 0.666. The minimum Gasteiger partial charge on any atom is -0.126 e. The van der Waals surface area contributed by atoms with Crippen LogP contribution in [-0.2, 0) is 5.41 Å². The second-order valence-electron chi connectivity index (χ2n) is 3.66. The second-order valence-corrected chi connectivity index (χ2v) is 4.20. The molecule has 0 radical (unpaired) electrons. The summed E-state index contributed by atoms with van der Waals surface area (Å²) in [6, 6.07) is 10.3. The summed E-state index contributed by atoms with van der Waals surface area (Å²) >= 11 is 12.1. The van der Waals surface area contributed by atoms with Crippen LogP contribution in [0.5, 0.6) is 0 Å². The third kappa shape index (κ3) is 2.43. The highest BCUT2D eigenvalue weighted by atomic mass is 35.5. The number of benzene rings is 1. The molecule has 0 spiro atoms. The van der Waals surface area contributed by atoms with Crippen LogP contribution in [0, 0.1) is 0 Å². The summed E-state index contributed by atoms with van der Waals surface area (Å²) < 4.78 is 0. The normalized spacial score (nSPS) is 11.6. The van der Waals surface area contributed by atoms with Crippen molar-refractivity contribution in [3.8, 4) is 0 Å². The van der Waals surface area contributed by atoms with Crippen LogP contribution >= 0.6 is 23.2 Å². The Labute approximate surface area is 96.2 Å². The number of halogens is 2. The Bertz CT molecular complexity index is 252. The first-order valence-electron chi connectivity index (χ1n) is 4.96. The predicted octanol–water partition coefficient (Wildman–Crippen LogP) is 4.20. The van der Waals surface area contributed by atoms with Crippen molar-refractivity contribution in [2.24, 2.45) is 0 Å². The average Bonchev–Trinajstić information content (AvgIpc) is 2.27. The van der Waals surface area contributed by atoms with E-state index in [0.717, 1.165) is 12.8 Å². The fourth-order valence-corrected chi connectivity index (χ4v) is 2.60. The molecule has 0 nitrogen and oxygen atoms in total. The zero-order valence-electron chi connectivity index (χ0n) is 8.47. The topological polar surface area (TPSA) is 0 Å². The maximum Gasteiger partial charge on any atom is 0.0332 e. The van der Waals surface area contributed by atoms with Gasteiger partial charge in [0.05, 0.1) is 0 Å². The van der Waals surface area contributed by atoms with Gasteiger partial charge in [0.15, 0.2) is 0 Å². The zero-order chi connectivity index (χ0) is 10.4. The minimum atomic E-state index is -0.0425. The third-order valence-corrected chi connectivity index (χ3v) is 3.65. The van der Waals surface area contributed by atoms with Crippen molar-refractivity contribution in [1.82, 2.24) is 0 Å². The molecule has 0 aliphatic carbocycles. The number of alkyl halides is 2. The lowest BCUT2D eigenvalue weighted by Gasteiger charge is -2.29. The van der Waals surface area contributed by atoms with Crippen molar-refractivity contribution in [2.75, 3.05) is 11.8 Å². The van der Waals surface area contributed by atoms with Crippen molar-refractivity contribution < 1.29 is 0 Å². The van der Waals surface area contributed by atoms with E-state index < -0.39 is 0 Å². The van der Waals surface area contributed by atoms with Gasteiger partial charge in [-0.2, -0.15) is 0 Å². The van der Waals surface area contributed by atoms with Gasteiger partial charge in [0.2, 0.25) is 0 Å². The summed E-state index contributed by atoms with van der Waals surface area (Å²) in [6.45, 7) is 2.16. The van der Waals surface area contributed by atoms with Gasteiger partial charge in [-0.1, -0.05) is 43.7 Å². The summed E-state index contributed by atoms with van der Waals surface area (Å²) in [4.78, 5) is 0. The van der Waals surface area contributed by atoms with Crippen LogP contribution in [0.1, 0.15) is 25.3 Å². The van der Waals surface area contributed by atoms with Crippen molar-refractivity contribution in [3.63, 3.8) is 0 Å². The van der Waals surface area contributed by atoms with Crippen molar-refractivity contribution >= 4 is 23.2 Å². The van der Waals surface area contributed by atoms with Gasteiger partial charge in [0, 0.05) is 17.2 Å². The third-order valence-electron chi connectivity index (χ3n) is 2.63. The fourth-order valence-electron chi connectivity index (χ4n) is 1.74. The predicted molar refractivity (Wildman–Crippen MR) is 64.5 cm³/mol. The van der Waals surface area contributed by atoms with Gasteiger partial charge in [-0.15, -0.1) is 23.2 Å². The van der Waals surface area contributed by atoms with E-state index in [0.29, 0.717) is 11.8 Å². The molecule has 0 aliphatic rings. The first-order chi connectivity index (χ1) is 6.79. The Balaban J connectivity index is 2.98. The summed E-state index contributed by atoms with van der Waals surface area (Å²) in [6.07, 6.45) is 2.15. The fraction of sp³-hybridized carbons (Fsp3) is 0.500. The summed E-state index contributed by atoms with van der Waals surface area (Å²) in [5, 5.41) is 0. The van der Waals surface area contributed by atoms with Gasteiger partial charge in [0.25, 0.3) is 0 Å². The smallest absolute Gasteiger partial charge is 0.0332 e. The van der Waals surface area contributed by atoms with E-state index in [2.05, 4.69) is 19.1 Å². The molecule has 14 heavy (non-hydrogen) atoms. The van der Waals surface area contributed by atoms with Crippen LogP contribution in [0.4, 0.5) is 0 Å². The van der Waals surface area contributed by atoms with Gasteiger partial charge < -0.3 is 0 Å². The highest BCUT2D eigenvalue weighted by Gasteiger charge is 2.29. The van der Waals surface area contributed by atoms with Gasteiger partial charge in [-0.05, 0) is 12.0 Å². The van der Waals surface area contributed by atoms with Crippen LogP contribution in [0.25, 0.3) is 0 Å². The van der Waals surface area contributed by atoms with Crippen LogP contribution in [0.3, 0.4) is 0 Å². The van der Waals surface area contributed by atoms with E-state index in [4.69, 9.17) is 23.2 Å². The van der Waals surface area contributed by atoms with Gasteiger partial charge >= 0.3 is 0 Å². The van der Waals surface area contributed by atoms with E-state index in [1.807, 2.05) is 18.2 Å². The molecule has 0 N–H and O–H groups in total. The Morgan fingerprint density at radius 3 is 2.07 bits per heavy atom. The molecule has 1 aromatic rings. The van der Waals surface area contributed by atoms with Crippen LogP contribution in [0.2, 0.25) is 0 Å². The molecule has 0 heterocycles. The van der Waals surface area contributed by atoms with Crippen LogP contribution < -0.4 is 0 Å². The number of hydrogen-bond donors (Lipinski definition) is 0. The molecule has 0 unspecified atom stereocenters. The average molecular weight is 231 g/mol. The van der Waals surface area contributed by atoms with E-state index in [1.54, 1.807) is 0 Å². The number of rotatable bonds is 5. The van der Waals surface area contributed by atoms with Crippen LogP contribution in [-0.4, -0.2) is 11.8 Å². The molecule has 0 fully saturated rings. The molecule has 1 aromatic carbocycles. The van der Waals surface area contributed by atoms with E-state index >= 15 is 0 Å². The summed E-state index contributed by atoms with van der Waals surface area (Å²) in [5.41, 5.74) is 1.21. The van der Waals surface area contributed by atoms with E-state index in [9.17, 15) is 0 Å². The first-order valence-corrected chi connectivity index (χ1v) is 6.03. The largest absolute Gasteiger partial charge is 0.126 e. The molecule has 0 atom stereocenters. The summed E-state index contributed by atoms with van der Waals surface area (Å²) in [7, 11) is 0. The molecule has 1 rings (SSSR count). The lowest BCUT2D eigenvalue weighted by molar-refractivity contribution is 0.485. The van der Waals surface area contributed by atoms with Gasteiger partial charge in [0.1, 0.15) is 0 Å². The molecular weight excluding hydrogens is 215 g/mol. The standard InChI is InChI=1S/C12H16Cl2/c1-2-8-12(9-13,10-14)11-6-4-3-5-7-11/h3-7H,2,8-10H2,1H3. The Morgan fingerprint density at radius 2 is 1.64 bits per heavy atom. The molecular formula is C12H16Cl2. The number of hydrogen-bond acceptors (Lipinski definition) is 0. The molecule has 78 valence electrons. The maximum atomic E-state index is 6.05. The van der Waals surface area contributed by atoms with Crippen molar-refractivity contribution in [3.05, 3.63) is 35.9 Å². The van der Waals surface area contributed by atoms with E-state index in [1.165, 1.54) is 5.56 Å². The SMILES string of the molecule is CCCC(CCl)(CCl)c1ccccc1. The first kappa shape index (κ1) is 11.9. The monoisotopic (exact) mass is 230 g/mol. The van der Waals surface area contributed by atoms with Gasteiger partial charge in [-0.3, -0.25) is 0 Å². The van der Waals surface area contributed by atoms with Gasteiger partial charge in [-0.25, -0.2) is 0 Å². The molecule has 0 saturated carbocycles. The molecule has 0 amide bonds. The Kier molecular flexibility index (Phi) is 4.77. The Hall–Kier alpha value is -0.200. The van der Waals surface area contributed by atoms with Crippen LogP contribution in [0.15, 0.2) is 30.3 Å². The zero-order valence-corrected chi connectivity index (χ0v) is 9.98. The lowest BCUT2D eigenvalue weighted by atomic mass is 9.80. The minimum absolute atomic E-state index is 0.0425. The van der Waals surface area contributed by atoms with E-state index in [-0.39, 0.29) is 5.41 Å². The van der Waals surface area contributed by atoms with Crippen molar-refractivity contribution in [1.29, 1.82) is 0 Å². The molecule has 0 aromatic heterocycles. The van der Waals surface area contributed by atoms with Crippen molar-refractivity contribution in [2.45, 2.75) is 25.2 Å². The highest BCUT2D eigenvalue weighted by molar-refractivity contribution is 6.22. The highest BCUT2D eigenvalue weighted by Crippen LogP contribution is 2.32.